The van der Waals surface area contributed by atoms with Gasteiger partial charge in [-0.05, 0) is 42.0 Å². The van der Waals surface area contributed by atoms with E-state index in [1.807, 2.05) is 0 Å². The summed E-state index contributed by atoms with van der Waals surface area (Å²) in [6.07, 6.45) is 1.47. The van der Waals surface area contributed by atoms with Gasteiger partial charge in [-0.25, -0.2) is 4.79 Å². The van der Waals surface area contributed by atoms with E-state index in [0.717, 1.165) is 0 Å². The number of rotatable bonds is 6. The highest BCUT2D eigenvalue weighted by atomic mass is 16.5. The first kappa shape index (κ1) is 21.9. The molecule has 4 rings (SSSR count). The molecule has 1 atom stereocenters. The van der Waals surface area contributed by atoms with Crippen molar-refractivity contribution in [3.05, 3.63) is 95.0 Å². The number of Topliss-reactive ketones (excluding diaryl/α,β-unsaturated/α-hetero) is 1. The fraction of sp³-hybridized carbons (Fsp3) is 0.160. The van der Waals surface area contributed by atoms with Crippen LogP contribution in [0, 0.1) is 0 Å². The number of aliphatic hydroxyl groups is 1. The number of carbonyl (C=O) groups is 3. The van der Waals surface area contributed by atoms with E-state index in [2.05, 4.69) is 0 Å². The van der Waals surface area contributed by atoms with Gasteiger partial charge in [-0.1, -0.05) is 24.3 Å². The van der Waals surface area contributed by atoms with Crippen LogP contribution in [0.4, 0.5) is 0 Å². The van der Waals surface area contributed by atoms with Gasteiger partial charge in [-0.15, -0.1) is 0 Å². The molecule has 1 N–H and O–H groups in total. The molecule has 0 saturated carbocycles. The lowest BCUT2D eigenvalue weighted by Crippen LogP contribution is -2.29. The predicted octanol–water partition coefficient (Wildman–Crippen LogP) is 3.70. The number of likely N-dealkylation sites (tertiary alicyclic amines) is 1. The second kappa shape index (κ2) is 9.04. The second-order valence-electron chi connectivity index (χ2n) is 7.35. The van der Waals surface area contributed by atoms with E-state index in [9.17, 15) is 19.5 Å². The Morgan fingerprint density at radius 1 is 1.03 bits per heavy atom. The lowest BCUT2D eigenvalue weighted by molar-refractivity contribution is -0.140. The molecule has 0 radical (unpaired) electrons. The Hall–Kier alpha value is -4.33. The largest absolute Gasteiger partial charge is 0.507 e. The van der Waals surface area contributed by atoms with Crippen LogP contribution in [0.25, 0.3) is 5.76 Å². The molecule has 0 aliphatic carbocycles. The number of esters is 1. The van der Waals surface area contributed by atoms with Crippen molar-refractivity contribution >= 4 is 23.4 Å². The highest BCUT2D eigenvalue weighted by molar-refractivity contribution is 6.46. The molecule has 1 aliphatic rings. The van der Waals surface area contributed by atoms with Crippen molar-refractivity contribution in [1.82, 2.24) is 4.90 Å². The Labute approximate surface area is 189 Å². The van der Waals surface area contributed by atoms with Gasteiger partial charge in [-0.2, -0.15) is 0 Å². The molecule has 0 spiro atoms. The fourth-order valence-corrected chi connectivity index (χ4v) is 3.81. The maximum Gasteiger partial charge on any atom is 0.337 e. The number of amides is 1. The molecule has 3 aromatic rings. The minimum atomic E-state index is -0.895. The van der Waals surface area contributed by atoms with Crippen LogP contribution in [0.1, 0.15) is 33.3 Å². The van der Waals surface area contributed by atoms with Crippen LogP contribution in [0.3, 0.4) is 0 Å². The number of methoxy groups -OCH3 is 2. The SMILES string of the molecule is COC(=O)c1ccc(C2C(=C(O)c3cccc(OC)c3)C(=O)C(=O)N2Cc2ccco2)cc1. The summed E-state index contributed by atoms with van der Waals surface area (Å²) in [5, 5.41) is 11.1. The number of ketones is 1. The van der Waals surface area contributed by atoms with Crippen LogP contribution in [-0.4, -0.2) is 41.9 Å². The van der Waals surface area contributed by atoms with Gasteiger partial charge in [0, 0.05) is 5.56 Å². The number of furan rings is 1. The number of ether oxygens (including phenoxy) is 2. The van der Waals surface area contributed by atoms with Crippen molar-refractivity contribution in [1.29, 1.82) is 0 Å². The molecule has 1 unspecified atom stereocenters. The second-order valence-corrected chi connectivity index (χ2v) is 7.35. The van der Waals surface area contributed by atoms with Crippen molar-refractivity contribution in [2.24, 2.45) is 0 Å². The Balaban J connectivity index is 1.85. The molecular formula is C25H21NO7. The molecule has 1 fully saturated rings. The van der Waals surface area contributed by atoms with Crippen molar-refractivity contribution < 1.29 is 33.4 Å². The molecule has 1 amide bonds. The van der Waals surface area contributed by atoms with Crippen molar-refractivity contribution in [3.8, 4) is 5.75 Å². The normalized spacial score (nSPS) is 17.3. The highest BCUT2D eigenvalue weighted by Crippen LogP contribution is 2.40. The van der Waals surface area contributed by atoms with Crippen LogP contribution in [0.15, 0.2) is 76.9 Å². The van der Waals surface area contributed by atoms with Crippen LogP contribution in [-0.2, 0) is 20.9 Å². The van der Waals surface area contributed by atoms with Gasteiger partial charge in [-0.3, -0.25) is 9.59 Å². The summed E-state index contributed by atoms with van der Waals surface area (Å²) in [5.74, 6) is -1.45. The van der Waals surface area contributed by atoms with Gasteiger partial charge in [0.05, 0.1) is 44.2 Å². The summed E-state index contributed by atoms with van der Waals surface area (Å²) in [5.41, 5.74) is 1.13. The number of carbonyl (C=O) groups excluding carboxylic acids is 3. The maximum atomic E-state index is 13.1. The number of aliphatic hydroxyl groups excluding tert-OH is 1. The molecule has 1 aliphatic heterocycles. The Bertz CT molecular complexity index is 1230. The monoisotopic (exact) mass is 447 g/mol. The van der Waals surface area contributed by atoms with E-state index >= 15 is 0 Å². The maximum absolute atomic E-state index is 13.1. The van der Waals surface area contributed by atoms with E-state index in [1.54, 1.807) is 60.7 Å². The van der Waals surface area contributed by atoms with Crippen LogP contribution >= 0.6 is 0 Å². The van der Waals surface area contributed by atoms with Gasteiger partial charge < -0.3 is 23.9 Å². The molecule has 8 heteroatoms. The van der Waals surface area contributed by atoms with Crippen molar-refractivity contribution in [2.75, 3.05) is 14.2 Å². The van der Waals surface area contributed by atoms with Crippen LogP contribution in [0.2, 0.25) is 0 Å². The highest BCUT2D eigenvalue weighted by Gasteiger charge is 2.46. The molecular weight excluding hydrogens is 426 g/mol. The summed E-state index contributed by atoms with van der Waals surface area (Å²) < 4.78 is 15.3. The summed E-state index contributed by atoms with van der Waals surface area (Å²) in [7, 11) is 2.77. The zero-order valence-electron chi connectivity index (χ0n) is 18.0. The molecule has 33 heavy (non-hydrogen) atoms. The minimum absolute atomic E-state index is 0.0237. The zero-order valence-corrected chi connectivity index (χ0v) is 18.0. The Morgan fingerprint density at radius 2 is 1.79 bits per heavy atom. The van der Waals surface area contributed by atoms with E-state index in [1.165, 1.54) is 25.4 Å². The summed E-state index contributed by atoms with van der Waals surface area (Å²) in [6, 6.07) is 15.4. The zero-order chi connectivity index (χ0) is 23.5. The minimum Gasteiger partial charge on any atom is -0.507 e. The summed E-state index contributed by atoms with van der Waals surface area (Å²) >= 11 is 0. The Morgan fingerprint density at radius 3 is 2.42 bits per heavy atom. The molecule has 1 aromatic heterocycles. The lowest BCUT2D eigenvalue weighted by Gasteiger charge is -2.24. The van der Waals surface area contributed by atoms with E-state index in [-0.39, 0.29) is 17.9 Å². The van der Waals surface area contributed by atoms with E-state index in [4.69, 9.17) is 13.9 Å². The standard InChI is InChI=1S/C25H21NO7/c1-31-18-6-3-5-17(13-18)22(27)20-21(15-8-10-16(11-9-15)25(30)32-2)26(24(29)23(20)28)14-19-7-4-12-33-19/h3-13,21,27H,14H2,1-2H3. The number of hydrogen-bond donors (Lipinski definition) is 1. The number of benzene rings is 2. The van der Waals surface area contributed by atoms with Gasteiger partial charge in [0.15, 0.2) is 0 Å². The fourth-order valence-electron chi connectivity index (χ4n) is 3.81. The number of nitrogens with zero attached hydrogens (tertiary/aromatic N) is 1. The molecule has 0 bridgehead atoms. The third-order valence-corrected chi connectivity index (χ3v) is 5.44. The quantitative estimate of drug-likeness (QED) is 0.266. The average molecular weight is 447 g/mol. The van der Waals surface area contributed by atoms with E-state index < -0.39 is 23.7 Å². The van der Waals surface area contributed by atoms with Crippen molar-refractivity contribution in [2.45, 2.75) is 12.6 Å². The van der Waals surface area contributed by atoms with Crippen LogP contribution in [0.5, 0.6) is 5.75 Å². The van der Waals surface area contributed by atoms with Gasteiger partial charge >= 0.3 is 5.97 Å². The number of hydrogen-bond acceptors (Lipinski definition) is 7. The molecule has 2 aromatic carbocycles. The first-order chi connectivity index (χ1) is 15.9. The molecule has 2 heterocycles. The van der Waals surface area contributed by atoms with Gasteiger partial charge in [0.25, 0.3) is 11.7 Å². The Kier molecular flexibility index (Phi) is 5.99. The van der Waals surface area contributed by atoms with Crippen molar-refractivity contribution in [3.63, 3.8) is 0 Å². The lowest BCUT2D eigenvalue weighted by atomic mass is 9.94. The van der Waals surface area contributed by atoms with Crippen LogP contribution < -0.4 is 4.74 Å². The third-order valence-electron chi connectivity index (χ3n) is 5.44. The average Bonchev–Trinajstić information content (AvgIpc) is 3.45. The first-order valence-corrected chi connectivity index (χ1v) is 10.1. The topological polar surface area (TPSA) is 106 Å². The molecule has 1 saturated heterocycles. The van der Waals surface area contributed by atoms with Gasteiger partial charge in [0.1, 0.15) is 17.3 Å². The molecule has 8 nitrogen and oxygen atoms in total. The first-order valence-electron chi connectivity index (χ1n) is 10.1. The smallest absolute Gasteiger partial charge is 0.337 e. The summed E-state index contributed by atoms with van der Waals surface area (Å²) in [6.45, 7) is 0.0237. The predicted molar refractivity (Wildman–Crippen MR) is 117 cm³/mol. The third kappa shape index (κ3) is 4.10. The summed E-state index contributed by atoms with van der Waals surface area (Å²) in [4.78, 5) is 39.2. The molecule has 168 valence electrons. The van der Waals surface area contributed by atoms with E-state index in [0.29, 0.717) is 28.2 Å². The van der Waals surface area contributed by atoms with Gasteiger partial charge in [0.2, 0.25) is 0 Å².